The molecule has 0 spiro atoms. The van der Waals surface area contributed by atoms with Crippen LogP contribution in [0.4, 0.5) is 0 Å². The number of rotatable bonds is 3. The van der Waals surface area contributed by atoms with Gasteiger partial charge in [-0.3, -0.25) is 9.78 Å². The minimum atomic E-state index is 0.0431. The van der Waals surface area contributed by atoms with Crippen molar-refractivity contribution in [2.45, 2.75) is 0 Å². The van der Waals surface area contributed by atoms with Crippen LogP contribution >= 0.6 is 0 Å². The fourth-order valence-corrected chi connectivity index (χ4v) is 2.35. The normalized spacial score (nSPS) is 16.6. The van der Waals surface area contributed by atoms with Gasteiger partial charge in [0.15, 0.2) is 6.61 Å². The number of pyridine rings is 1. The molecule has 2 aromatic heterocycles. The van der Waals surface area contributed by atoms with Crippen molar-refractivity contribution in [1.29, 1.82) is 0 Å². The van der Waals surface area contributed by atoms with Gasteiger partial charge in [0, 0.05) is 44.0 Å². The van der Waals surface area contributed by atoms with Crippen molar-refractivity contribution in [3.05, 3.63) is 24.7 Å². The van der Waals surface area contributed by atoms with Crippen LogP contribution in [-0.4, -0.2) is 65.5 Å². The molecule has 1 amide bonds. The first-order valence-electron chi connectivity index (χ1n) is 6.74. The molecule has 3 rings (SSSR count). The minimum absolute atomic E-state index is 0.0431. The van der Waals surface area contributed by atoms with Crippen LogP contribution in [0.15, 0.2) is 24.7 Å². The van der Waals surface area contributed by atoms with Crippen LogP contribution in [0.3, 0.4) is 0 Å². The van der Waals surface area contributed by atoms with Crippen molar-refractivity contribution in [3.8, 4) is 5.75 Å². The molecule has 0 aliphatic carbocycles. The van der Waals surface area contributed by atoms with Crippen LogP contribution in [-0.2, 0) is 4.79 Å². The molecule has 1 saturated heterocycles. The maximum Gasteiger partial charge on any atom is 0.260 e. The van der Waals surface area contributed by atoms with Gasteiger partial charge in [-0.15, -0.1) is 0 Å². The molecular formula is C14H18N4O2. The molecule has 0 unspecified atom stereocenters. The Morgan fingerprint density at radius 2 is 2.20 bits per heavy atom. The minimum Gasteiger partial charge on any atom is -0.482 e. The molecule has 3 heterocycles. The van der Waals surface area contributed by atoms with Crippen LogP contribution in [0.1, 0.15) is 0 Å². The van der Waals surface area contributed by atoms with Crippen molar-refractivity contribution >= 4 is 16.8 Å². The summed E-state index contributed by atoms with van der Waals surface area (Å²) in [6.45, 7) is 3.47. The smallest absolute Gasteiger partial charge is 0.260 e. The Kier molecular flexibility index (Phi) is 3.56. The lowest BCUT2D eigenvalue weighted by molar-refractivity contribution is -0.134. The Morgan fingerprint density at radius 1 is 1.40 bits per heavy atom. The summed E-state index contributed by atoms with van der Waals surface area (Å²) in [5.74, 6) is 0.742. The van der Waals surface area contributed by atoms with Gasteiger partial charge >= 0.3 is 0 Å². The molecule has 0 radical (unpaired) electrons. The molecule has 6 heteroatoms. The van der Waals surface area contributed by atoms with Gasteiger partial charge in [-0.05, 0) is 13.1 Å². The molecule has 0 aromatic carbocycles. The lowest BCUT2D eigenvalue weighted by atomic mass is 10.3. The van der Waals surface area contributed by atoms with E-state index in [0.29, 0.717) is 5.75 Å². The SMILES string of the molecule is CN1CCN(C(=O)COc2c[nH]c3cnccc23)CC1. The zero-order chi connectivity index (χ0) is 13.9. The third kappa shape index (κ3) is 2.60. The third-order valence-corrected chi connectivity index (χ3v) is 3.65. The van der Waals surface area contributed by atoms with Crippen LogP contribution in [0.5, 0.6) is 5.75 Å². The van der Waals surface area contributed by atoms with E-state index < -0.39 is 0 Å². The van der Waals surface area contributed by atoms with Gasteiger partial charge in [0.1, 0.15) is 5.75 Å². The maximum atomic E-state index is 12.1. The van der Waals surface area contributed by atoms with Crippen molar-refractivity contribution in [3.63, 3.8) is 0 Å². The number of amides is 1. The lowest BCUT2D eigenvalue weighted by Gasteiger charge is -2.32. The highest BCUT2D eigenvalue weighted by atomic mass is 16.5. The number of hydrogen-bond donors (Lipinski definition) is 1. The van der Waals surface area contributed by atoms with Gasteiger partial charge in [0.2, 0.25) is 0 Å². The second-order valence-corrected chi connectivity index (χ2v) is 5.05. The molecule has 0 saturated carbocycles. The standard InChI is InChI=1S/C14H18N4O2/c1-17-4-6-18(7-5-17)14(19)10-20-13-9-16-12-8-15-3-2-11(12)13/h2-3,8-9,16H,4-7,10H2,1H3. The number of piperazine rings is 1. The fourth-order valence-electron chi connectivity index (χ4n) is 2.35. The van der Waals surface area contributed by atoms with Crippen molar-refractivity contribution in [2.24, 2.45) is 0 Å². The van der Waals surface area contributed by atoms with E-state index in [2.05, 4.69) is 21.9 Å². The summed E-state index contributed by atoms with van der Waals surface area (Å²) in [5.41, 5.74) is 0.912. The lowest BCUT2D eigenvalue weighted by Crippen LogP contribution is -2.48. The molecule has 1 fully saturated rings. The molecule has 1 aliphatic heterocycles. The number of ether oxygens (including phenoxy) is 1. The molecule has 0 bridgehead atoms. The molecular weight excluding hydrogens is 256 g/mol. The average Bonchev–Trinajstić information content (AvgIpc) is 2.89. The van der Waals surface area contributed by atoms with E-state index >= 15 is 0 Å². The van der Waals surface area contributed by atoms with Gasteiger partial charge in [0.25, 0.3) is 5.91 Å². The highest BCUT2D eigenvalue weighted by Crippen LogP contribution is 2.24. The zero-order valence-corrected chi connectivity index (χ0v) is 11.5. The van der Waals surface area contributed by atoms with Gasteiger partial charge < -0.3 is 19.5 Å². The molecule has 20 heavy (non-hydrogen) atoms. The quantitative estimate of drug-likeness (QED) is 0.895. The van der Waals surface area contributed by atoms with E-state index in [1.165, 1.54) is 0 Å². The summed E-state index contributed by atoms with van der Waals surface area (Å²) in [6, 6.07) is 1.88. The number of hydrogen-bond acceptors (Lipinski definition) is 4. The number of fused-ring (bicyclic) bond motifs is 1. The third-order valence-electron chi connectivity index (χ3n) is 3.65. The predicted octanol–water partition coefficient (Wildman–Crippen LogP) is 0.716. The summed E-state index contributed by atoms with van der Waals surface area (Å²) in [6.07, 6.45) is 5.22. The van der Waals surface area contributed by atoms with Crippen LogP contribution in [0.2, 0.25) is 0 Å². The second kappa shape index (κ2) is 5.50. The number of nitrogens with zero attached hydrogens (tertiary/aromatic N) is 3. The van der Waals surface area contributed by atoms with Crippen molar-refractivity contribution < 1.29 is 9.53 Å². The predicted molar refractivity (Wildman–Crippen MR) is 75.7 cm³/mol. The summed E-state index contributed by atoms with van der Waals surface area (Å²) in [7, 11) is 2.07. The Bertz CT molecular complexity index is 602. The Morgan fingerprint density at radius 3 is 3.00 bits per heavy atom. The number of aromatic nitrogens is 2. The van der Waals surface area contributed by atoms with Gasteiger partial charge in [-0.2, -0.15) is 0 Å². The zero-order valence-electron chi connectivity index (χ0n) is 11.5. The van der Waals surface area contributed by atoms with E-state index in [0.717, 1.165) is 37.1 Å². The second-order valence-electron chi connectivity index (χ2n) is 5.05. The monoisotopic (exact) mass is 274 g/mol. The first-order chi connectivity index (χ1) is 9.74. The van der Waals surface area contributed by atoms with E-state index in [4.69, 9.17) is 4.74 Å². The largest absolute Gasteiger partial charge is 0.482 e. The highest BCUT2D eigenvalue weighted by molar-refractivity contribution is 5.86. The maximum absolute atomic E-state index is 12.1. The molecule has 1 N–H and O–H groups in total. The Labute approximate surface area is 117 Å². The van der Waals surface area contributed by atoms with Crippen LogP contribution < -0.4 is 4.74 Å². The summed E-state index contributed by atoms with van der Waals surface area (Å²) in [4.78, 5) is 23.3. The number of nitrogens with one attached hydrogen (secondary N) is 1. The average molecular weight is 274 g/mol. The topological polar surface area (TPSA) is 61.5 Å². The number of likely N-dealkylation sites (N-methyl/N-ethyl adjacent to an activating group) is 1. The summed E-state index contributed by atoms with van der Waals surface area (Å²) in [5, 5.41) is 0.950. The van der Waals surface area contributed by atoms with Crippen LogP contribution in [0.25, 0.3) is 10.9 Å². The first-order valence-corrected chi connectivity index (χ1v) is 6.74. The van der Waals surface area contributed by atoms with E-state index in [9.17, 15) is 4.79 Å². The van der Waals surface area contributed by atoms with Crippen molar-refractivity contribution in [2.75, 3.05) is 39.8 Å². The highest BCUT2D eigenvalue weighted by Gasteiger charge is 2.19. The van der Waals surface area contributed by atoms with E-state index in [1.54, 1.807) is 18.6 Å². The molecule has 2 aromatic rings. The molecule has 1 aliphatic rings. The van der Waals surface area contributed by atoms with Crippen molar-refractivity contribution in [1.82, 2.24) is 19.8 Å². The molecule has 6 nitrogen and oxygen atoms in total. The number of H-pyrrole nitrogens is 1. The molecule has 0 atom stereocenters. The fraction of sp³-hybridized carbons (Fsp3) is 0.429. The Hall–Kier alpha value is -2.08. The summed E-state index contributed by atoms with van der Waals surface area (Å²) >= 11 is 0. The number of carbonyl (C=O) groups excluding carboxylic acids is 1. The summed E-state index contributed by atoms with van der Waals surface area (Å²) < 4.78 is 5.64. The number of carbonyl (C=O) groups is 1. The molecule has 106 valence electrons. The van der Waals surface area contributed by atoms with Gasteiger partial charge in [-0.25, -0.2) is 0 Å². The Balaban J connectivity index is 1.60. The van der Waals surface area contributed by atoms with Gasteiger partial charge in [-0.1, -0.05) is 0 Å². The van der Waals surface area contributed by atoms with Gasteiger partial charge in [0.05, 0.1) is 11.7 Å². The number of aromatic amines is 1. The first kappa shape index (κ1) is 12.9. The van der Waals surface area contributed by atoms with Crippen LogP contribution in [0, 0.1) is 0 Å². The van der Waals surface area contributed by atoms with E-state index in [1.807, 2.05) is 11.0 Å². The van der Waals surface area contributed by atoms with E-state index in [-0.39, 0.29) is 12.5 Å².